The van der Waals surface area contributed by atoms with Crippen molar-refractivity contribution in [2.75, 3.05) is 16.8 Å². The number of amides is 2. The fraction of sp³-hybridized carbons (Fsp3) is 0.533. The summed E-state index contributed by atoms with van der Waals surface area (Å²) < 4.78 is 0. The fourth-order valence-corrected chi connectivity index (χ4v) is 4.08. The summed E-state index contributed by atoms with van der Waals surface area (Å²) in [5, 5.41) is 14.8. The van der Waals surface area contributed by atoms with Crippen LogP contribution in [0.25, 0.3) is 0 Å². The summed E-state index contributed by atoms with van der Waals surface area (Å²) in [5.74, 6) is -0.0633. The molecule has 0 aliphatic carbocycles. The van der Waals surface area contributed by atoms with E-state index in [2.05, 4.69) is 27.4 Å². The van der Waals surface area contributed by atoms with Gasteiger partial charge in [-0.3, -0.25) is 14.5 Å². The number of anilines is 2. The lowest BCUT2D eigenvalue weighted by molar-refractivity contribution is -0.117. The van der Waals surface area contributed by atoms with Crippen molar-refractivity contribution in [1.29, 1.82) is 0 Å². The highest BCUT2D eigenvalue weighted by molar-refractivity contribution is 7.15. The molecular weight excluding hydrogens is 346 g/mol. The number of nitrogens with zero attached hydrogens (tertiary/aromatic N) is 4. The Balaban J connectivity index is 1.54. The van der Waals surface area contributed by atoms with Crippen molar-refractivity contribution >= 4 is 44.8 Å². The van der Waals surface area contributed by atoms with Crippen molar-refractivity contribution < 1.29 is 9.59 Å². The molecule has 3 rings (SSSR count). The zero-order chi connectivity index (χ0) is 16.9. The van der Waals surface area contributed by atoms with E-state index in [1.165, 1.54) is 22.7 Å². The number of carbonyl (C=O) groups is 2. The zero-order valence-corrected chi connectivity index (χ0v) is 15.1. The zero-order valence-electron chi connectivity index (χ0n) is 13.4. The molecule has 1 aliphatic rings. The average molecular weight is 365 g/mol. The molecule has 1 N–H and O–H groups in total. The minimum absolute atomic E-state index is 0.105. The monoisotopic (exact) mass is 365 g/mol. The highest BCUT2D eigenvalue weighted by atomic mass is 32.1. The standard InChI is InChI=1S/C15H19N5O2S2/c1-2-3-5-12-18-19-14(24-12)17-11(21)8-10-9-23-15(16-10)20-7-4-6-13(20)22/h9H,2-8H2,1H3,(H,17,19,21). The molecule has 24 heavy (non-hydrogen) atoms. The smallest absolute Gasteiger partial charge is 0.232 e. The van der Waals surface area contributed by atoms with Crippen LogP contribution in [0.4, 0.5) is 10.3 Å². The summed E-state index contributed by atoms with van der Waals surface area (Å²) in [6.45, 7) is 2.84. The lowest BCUT2D eigenvalue weighted by Crippen LogP contribution is -2.23. The van der Waals surface area contributed by atoms with Crippen LogP contribution in [0.5, 0.6) is 0 Å². The number of thiazole rings is 1. The molecule has 1 aliphatic heterocycles. The van der Waals surface area contributed by atoms with Gasteiger partial charge in [-0.05, 0) is 12.8 Å². The predicted molar refractivity (Wildman–Crippen MR) is 94.6 cm³/mol. The molecule has 2 amide bonds. The lowest BCUT2D eigenvalue weighted by atomic mass is 10.3. The minimum atomic E-state index is -0.169. The maximum absolute atomic E-state index is 12.1. The quantitative estimate of drug-likeness (QED) is 0.815. The molecular formula is C15H19N5O2S2. The molecule has 7 nitrogen and oxygen atoms in total. The van der Waals surface area contributed by atoms with Crippen LogP contribution in [-0.4, -0.2) is 33.5 Å². The summed E-state index contributed by atoms with van der Waals surface area (Å²) in [7, 11) is 0. The van der Waals surface area contributed by atoms with Crippen molar-refractivity contribution in [3.05, 3.63) is 16.1 Å². The second-order valence-corrected chi connectivity index (χ2v) is 7.50. The van der Waals surface area contributed by atoms with Gasteiger partial charge < -0.3 is 5.32 Å². The van der Waals surface area contributed by atoms with Gasteiger partial charge in [0.15, 0.2) is 5.13 Å². The first kappa shape index (κ1) is 17.0. The Hall–Kier alpha value is -1.87. The Kier molecular flexibility index (Phi) is 5.52. The number of carbonyl (C=O) groups excluding carboxylic acids is 2. The van der Waals surface area contributed by atoms with Crippen LogP contribution in [0.1, 0.15) is 43.3 Å². The van der Waals surface area contributed by atoms with Crippen LogP contribution in [0.2, 0.25) is 0 Å². The van der Waals surface area contributed by atoms with Gasteiger partial charge in [-0.15, -0.1) is 21.5 Å². The molecule has 0 bridgehead atoms. The van der Waals surface area contributed by atoms with E-state index in [9.17, 15) is 9.59 Å². The van der Waals surface area contributed by atoms with E-state index in [0.29, 0.717) is 28.9 Å². The molecule has 0 saturated carbocycles. The SMILES string of the molecule is CCCCc1nnc(NC(=O)Cc2csc(N3CCCC3=O)n2)s1. The topological polar surface area (TPSA) is 88.1 Å². The van der Waals surface area contributed by atoms with Crippen LogP contribution in [0.15, 0.2) is 5.38 Å². The maximum Gasteiger partial charge on any atom is 0.232 e. The third-order valence-corrected chi connectivity index (χ3v) is 5.45. The first-order chi connectivity index (χ1) is 11.7. The molecule has 2 aromatic rings. The normalized spacial score (nSPS) is 14.4. The van der Waals surface area contributed by atoms with E-state index in [4.69, 9.17) is 0 Å². The van der Waals surface area contributed by atoms with Gasteiger partial charge in [-0.1, -0.05) is 24.7 Å². The Bertz CT molecular complexity index is 727. The van der Waals surface area contributed by atoms with Gasteiger partial charge in [0, 0.05) is 24.8 Å². The van der Waals surface area contributed by atoms with Gasteiger partial charge in [0.1, 0.15) is 5.01 Å². The molecule has 2 aromatic heterocycles. The van der Waals surface area contributed by atoms with Crippen molar-refractivity contribution in [2.45, 2.75) is 45.4 Å². The fourth-order valence-electron chi connectivity index (χ4n) is 2.41. The molecule has 0 aromatic carbocycles. The molecule has 0 atom stereocenters. The highest BCUT2D eigenvalue weighted by Crippen LogP contribution is 2.25. The van der Waals surface area contributed by atoms with E-state index < -0.39 is 0 Å². The van der Waals surface area contributed by atoms with Gasteiger partial charge >= 0.3 is 0 Å². The molecule has 0 radical (unpaired) electrons. The Morgan fingerprint density at radius 1 is 1.42 bits per heavy atom. The predicted octanol–water partition coefficient (Wildman–Crippen LogP) is 2.65. The van der Waals surface area contributed by atoms with Crippen molar-refractivity contribution in [3.8, 4) is 0 Å². The van der Waals surface area contributed by atoms with Crippen LogP contribution in [0, 0.1) is 0 Å². The third kappa shape index (κ3) is 4.15. The summed E-state index contributed by atoms with van der Waals surface area (Å²) in [5.41, 5.74) is 0.669. The lowest BCUT2D eigenvalue weighted by Gasteiger charge is -2.10. The second-order valence-electron chi connectivity index (χ2n) is 5.60. The number of hydrogen-bond donors (Lipinski definition) is 1. The molecule has 9 heteroatoms. The number of aryl methyl sites for hydroxylation is 1. The van der Waals surface area contributed by atoms with Gasteiger partial charge in [-0.25, -0.2) is 4.98 Å². The number of aromatic nitrogens is 3. The summed E-state index contributed by atoms with van der Waals surface area (Å²) >= 11 is 2.81. The van der Waals surface area contributed by atoms with Crippen molar-refractivity contribution in [1.82, 2.24) is 15.2 Å². The summed E-state index contributed by atoms with van der Waals surface area (Å²) in [6.07, 6.45) is 4.68. The van der Waals surface area contributed by atoms with E-state index in [1.54, 1.807) is 4.90 Å². The van der Waals surface area contributed by atoms with E-state index in [1.807, 2.05) is 5.38 Å². The summed E-state index contributed by atoms with van der Waals surface area (Å²) in [4.78, 5) is 29.9. The van der Waals surface area contributed by atoms with Crippen LogP contribution >= 0.6 is 22.7 Å². The summed E-state index contributed by atoms with van der Waals surface area (Å²) in [6, 6.07) is 0. The number of unbranched alkanes of at least 4 members (excludes halogenated alkanes) is 1. The largest absolute Gasteiger partial charge is 0.300 e. The van der Waals surface area contributed by atoms with E-state index in [0.717, 1.165) is 30.7 Å². The van der Waals surface area contributed by atoms with E-state index >= 15 is 0 Å². The number of hydrogen-bond acceptors (Lipinski definition) is 7. The number of nitrogens with one attached hydrogen (secondary N) is 1. The van der Waals surface area contributed by atoms with Gasteiger partial charge in [0.05, 0.1) is 12.1 Å². The average Bonchev–Trinajstić information content (AvgIpc) is 3.27. The van der Waals surface area contributed by atoms with Crippen molar-refractivity contribution in [2.24, 2.45) is 0 Å². The van der Waals surface area contributed by atoms with Gasteiger partial charge in [0.25, 0.3) is 0 Å². The Morgan fingerprint density at radius 3 is 3.04 bits per heavy atom. The highest BCUT2D eigenvalue weighted by Gasteiger charge is 2.24. The first-order valence-electron chi connectivity index (χ1n) is 8.02. The maximum atomic E-state index is 12.1. The molecule has 0 spiro atoms. The second kappa shape index (κ2) is 7.80. The van der Waals surface area contributed by atoms with Crippen LogP contribution in [-0.2, 0) is 22.4 Å². The molecule has 128 valence electrons. The molecule has 1 saturated heterocycles. The van der Waals surface area contributed by atoms with Gasteiger partial charge in [-0.2, -0.15) is 0 Å². The molecule has 3 heterocycles. The number of rotatable bonds is 7. The van der Waals surface area contributed by atoms with Gasteiger partial charge in [0.2, 0.25) is 16.9 Å². The Morgan fingerprint density at radius 2 is 2.29 bits per heavy atom. The van der Waals surface area contributed by atoms with Crippen LogP contribution < -0.4 is 10.2 Å². The van der Waals surface area contributed by atoms with Crippen molar-refractivity contribution in [3.63, 3.8) is 0 Å². The van der Waals surface area contributed by atoms with Crippen LogP contribution in [0.3, 0.4) is 0 Å². The Labute approximate surface area is 148 Å². The molecule has 1 fully saturated rings. The van der Waals surface area contributed by atoms with E-state index in [-0.39, 0.29) is 18.2 Å². The molecule has 0 unspecified atom stereocenters. The third-order valence-electron chi connectivity index (χ3n) is 3.64. The minimum Gasteiger partial charge on any atom is -0.300 e. The first-order valence-corrected chi connectivity index (χ1v) is 9.72.